The zero-order chi connectivity index (χ0) is 37.7. The first kappa shape index (κ1) is 42.5. The van der Waals surface area contributed by atoms with Crippen LogP contribution in [0.5, 0.6) is 0 Å². The number of carbonyl (C=O) groups is 1. The average molecular weight is 719 g/mol. The Hall–Kier alpha value is -2.21. The molecule has 0 aliphatic heterocycles. The Morgan fingerprint density at radius 1 is 0.865 bits per heavy atom. The summed E-state index contributed by atoms with van der Waals surface area (Å²) in [6.07, 6.45) is 34.6. The lowest BCUT2D eigenvalue weighted by Gasteiger charge is -2.58. The van der Waals surface area contributed by atoms with E-state index in [1.54, 1.807) is 36.0 Å². The summed E-state index contributed by atoms with van der Waals surface area (Å²) in [6.45, 7) is 14.5. The van der Waals surface area contributed by atoms with Gasteiger partial charge in [-0.05, 0) is 117 Å². The van der Waals surface area contributed by atoms with Gasteiger partial charge in [0.1, 0.15) is 6.10 Å². The maximum Gasteiger partial charge on any atom is 0.306 e. The second-order valence-electron chi connectivity index (χ2n) is 17.8. The minimum absolute atomic E-state index is 0.0532. The molecule has 4 aliphatic carbocycles. The maximum atomic E-state index is 12.9. The zero-order valence-corrected chi connectivity index (χ0v) is 33.6. The minimum Gasteiger partial charge on any atom is -0.462 e. The summed E-state index contributed by atoms with van der Waals surface area (Å²) in [7, 11) is 0. The molecular weight excluding hydrogens is 645 g/mol. The van der Waals surface area contributed by atoms with Gasteiger partial charge in [0.15, 0.2) is 0 Å². The van der Waals surface area contributed by atoms with Gasteiger partial charge in [0.2, 0.25) is 0 Å². The lowest BCUT2D eigenvalue weighted by molar-refractivity contribution is -0.151. The Labute approximate surface area is 317 Å². The molecule has 0 bridgehead atoms. The largest absolute Gasteiger partial charge is 0.462 e. The summed E-state index contributed by atoms with van der Waals surface area (Å²) in [5.74, 6) is 4.73. The number of hydrogen-bond acceptors (Lipinski definition) is 5. The van der Waals surface area contributed by atoms with E-state index < -0.39 is 18.3 Å². The number of allylic oxidation sites excluding steroid dienone is 8. The van der Waals surface area contributed by atoms with Gasteiger partial charge < -0.3 is 20.1 Å². The highest BCUT2D eigenvalue weighted by atomic mass is 16.5. The van der Waals surface area contributed by atoms with Crippen molar-refractivity contribution in [3.63, 3.8) is 0 Å². The Kier molecular flexibility index (Phi) is 16.7. The van der Waals surface area contributed by atoms with E-state index in [-0.39, 0.29) is 23.9 Å². The van der Waals surface area contributed by atoms with E-state index in [4.69, 9.17) is 4.74 Å². The van der Waals surface area contributed by atoms with Crippen LogP contribution in [0.3, 0.4) is 0 Å². The molecule has 5 nitrogen and oxygen atoms in total. The number of aliphatic hydroxyl groups excluding tert-OH is 3. The third-order valence-corrected chi connectivity index (χ3v) is 13.8. The van der Waals surface area contributed by atoms with Gasteiger partial charge >= 0.3 is 5.97 Å². The molecule has 292 valence electrons. The molecule has 0 aromatic rings. The fourth-order valence-electron chi connectivity index (χ4n) is 10.9. The molecule has 0 spiro atoms. The zero-order valence-electron chi connectivity index (χ0n) is 33.6. The average Bonchev–Trinajstić information content (AvgIpc) is 3.46. The highest BCUT2D eigenvalue weighted by Crippen LogP contribution is 2.67. The molecule has 0 unspecified atom stereocenters. The summed E-state index contributed by atoms with van der Waals surface area (Å²) in [5, 5.41) is 30.6. The Bertz CT molecular complexity index is 1290. The number of carbonyl (C=O) groups excluding carboxylic acids is 1. The molecule has 52 heavy (non-hydrogen) atoms. The molecule has 0 heterocycles. The Morgan fingerprint density at radius 2 is 1.60 bits per heavy atom. The fraction of sp³-hybridized carbons (Fsp3) is 0.723. The van der Waals surface area contributed by atoms with E-state index in [0.717, 1.165) is 61.2 Å². The molecule has 3 N–H and O–H groups in total. The number of fused-ring (bicyclic) bond motifs is 5. The third-order valence-electron chi connectivity index (χ3n) is 13.8. The monoisotopic (exact) mass is 719 g/mol. The molecule has 0 aromatic heterocycles. The number of aliphatic hydroxyl groups is 3. The van der Waals surface area contributed by atoms with Crippen LogP contribution in [0.15, 0.2) is 72.4 Å². The number of esters is 1. The first-order chi connectivity index (χ1) is 24.9. The van der Waals surface area contributed by atoms with Crippen molar-refractivity contribution in [1.82, 2.24) is 0 Å². The van der Waals surface area contributed by atoms with Gasteiger partial charge in [-0.1, -0.05) is 133 Å². The van der Waals surface area contributed by atoms with Crippen LogP contribution in [0.2, 0.25) is 0 Å². The highest BCUT2D eigenvalue weighted by Gasteiger charge is 2.59. The molecule has 3 fully saturated rings. The normalized spacial score (nSPS) is 33.1. The summed E-state index contributed by atoms with van der Waals surface area (Å²) in [5.41, 5.74) is 2.27. The van der Waals surface area contributed by atoms with Crippen molar-refractivity contribution in [1.29, 1.82) is 0 Å². The van der Waals surface area contributed by atoms with E-state index in [1.807, 2.05) is 30.4 Å². The van der Waals surface area contributed by atoms with Crippen molar-refractivity contribution in [3.8, 4) is 0 Å². The molecule has 11 atom stereocenters. The van der Waals surface area contributed by atoms with Crippen LogP contribution in [0.1, 0.15) is 144 Å². The molecule has 5 heteroatoms. The van der Waals surface area contributed by atoms with Crippen LogP contribution in [0, 0.1) is 46.3 Å². The van der Waals surface area contributed by atoms with Crippen molar-refractivity contribution in [2.45, 2.75) is 169 Å². The summed E-state index contributed by atoms with van der Waals surface area (Å²) >= 11 is 0. The number of hydrogen-bond donors (Lipinski definition) is 3. The van der Waals surface area contributed by atoms with Gasteiger partial charge in [0.25, 0.3) is 0 Å². The topological polar surface area (TPSA) is 87.0 Å². The molecule has 0 saturated heterocycles. The van der Waals surface area contributed by atoms with Crippen molar-refractivity contribution < 1.29 is 24.9 Å². The van der Waals surface area contributed by atoms with Gasteiger partial charge in [-0.25, -0.2) is 0 Å². The van der Waals surface area contributed by atoms with Crippen LogP contribution in [0.4, 0.5) is 0 Å². The van der Waals surface area contributed by atoms with E-state index in [9.17, 15) is 20.1 Å². The molecule has 3 saturated carbocycles. The summed E-state index contributed by atoms with van der Waals surface area (Å²) in [4.78, 5) is 12.9. The maximum absolute atomic E-state index is 12.9. The molecule has 0 amide bonds. The van der Waals surface area contributed by atoms with Crippen LogP contribution < -0.4 is 0 Å². The van der Waals surface area contributed by atoms with Crippen LogP contribution >= 0.6 is 0 Å². The first-order valence-corrected chi connectivity index (χ1v) is 21.2. The highest BCUT2D eigenvalue weighted by molar-refractivity contribution is 5.69. The van der Waals surface area contributed by atoms with Gasteiger partial charge in [-0.2, -0.15) is 0 Å². The quantitative estimate of drug-likeness (QED) is 0.0703. The third kappa shape index (κ3) is 11.4. The van der Waals surface area contributed by atoms with Crippen LogP contribution in [-0.4, -0.2) is 45.7 Å². The summed E-state index contributed by atoms with van der Waals surface area (Å²) in [6, 6.07) is 0. The number of rotatable bonds is 19. The van der Waals surface area contributed by atoms with Gasteiger partial charge in [0, 0.05) is 12.8 Å². The van der Waals surface area contributed by atoms with Crippen molar-refractivity contribution in [2.75, 3.05) is 0 Å². The molecule has 4 aliphatic rings. The van der Waals surface area contributed by atoms with E-state index in [2.05, 4.69) is 47.6 Å². The minimum atomic E-state index is -1.00. The number of ether oxygens (including phenoxy) is 1. The lowest BCUT2D eigenvalue weighted by atomic mass is 9.47. The lowest BCUT2D eigenvalue weighted by Crippen LogP contribution is -2.51. The SMILES string of the molecule is CC/C=C\C[C@@H](O)/C=C/C=C/C=C\C=C/[C@H](O)[C@@H](O)CCCC(=O)O[C@H]1CC[C@@]2(C)C(=CC[C@H]3[C@@H]4CC[C@H]([C@H](C)CCCC(C)C)[C@@]4(C)CC[C@@H]32)C1. The van der Waals surface area contributed by atoms with Crippen molar-refractivity contribution >= 4 is 5.97 Å². The smallest absolute Gasteiger partial charge is 0.306 e. The van der Waals surface area contributed by atoms with Gasteiger partial charge in [-0.15, -0.1) is 0 Å². The van der Waals surface area contributed by atoms with Crippen LogP contribution in [-0.2, 0) is 9.53 Å². The Morgan fingerprint density at radius 3 is 2.33 bits per heavy atom. The molecule has 0 radical (unpaired) electrons. The predicted octanol–water partition coefficient (Wildman–Crippen LogP) is 10.8. The summed E-state index contributed by atoms with van der Waals surface area (Å²) < 4.78 is 6.02. The molecular formula is C47H74O5. The standard InChI is InChI=1S/C47H74O5/c1-7-8-13-20-37(48)21-14-11-9-10-12-15-22-43(49)44(50)23-17-24-45(51)52-38-29-31-46(5)36(33-38)25-26-39-41-28-27-40(35(4)19-16-18-34(2)3)47(41,6)32-30-42(39)46/h8-15,21-22,25,34-35,37-44,48-50H,7,16-20,23-24,26-33H2,1-6H3/b11-9+,12-10-,13-8-,21-14+,22-15-/t35-,37-,38+,39+,40-,41+,42+,43+,44+,46+,47-/m1/s1. The molecule has 4 rings (SSSR count). The fourth-order valence-corrected chi connectivity index (χ4v) is 10.9. The second-order valence-corrected chi connectivity index (χ2v) is 17.8. The van der Waals surface area contributed by atoms with E-state index in [0.29, 0.717) is 24.7 Å². The van der Waals surface area contributed by atoms with Gasteiger partial charge in [0.05, 0.1) is 18.3 Å². The van der Waals surface area contributed by atoms with Crippen molar-refractivity contribution in [2.24, 2.45) is 46.3 Å². The van der Waals surface area contributed by atoms with Crippen molar-refractivity contribution in [3.05, 3.63) is 72.4 Å². The van der Waals surface area contributed by atoms with E-state index in [1.165, 1.54) is 51.4 Å². The van der Waals surface area contributed by atoms with Crippen LogP contribution in [0.25, 0.3) is 0 Å². The van der Waals surface area contributed by atoms with Gasteiger partial charge in [-0.3, -0.25) is 4.79 Å². The molecule has 0 aromatic carbocycles. The Balaban J connectivity index is 1.17. The first-order valence-electron chi connectivity index (χ1n) is 21.2. The van der Waals surface area contributed by atoms with E-state index >= 15 is 0 Å². The predicted molar refractivity (Wildman–Crippen MR) is 215 cm³/mol. The second kappa shape index (κ2) is 20.5.